The molecular weight excluding hydrogens is 315 g/mol. The van der Waals surface area contributed by atoms with Crippen LogP contribution in [0.5, 0.6) is 0 Å². The molecule has 0 aliphatic rings. The summed E-state index contributed by atoms with van der Waals surface area (Å²) in [7, 11) is 0. The summed E-state index contributed by atoms with van der Waals surface area (Å²) < 4.78 is 2.29. The van der Waals surface area contributed by atoms with Gasteiger partial charge in [-0.05, 0) is 43.1 Å². The Hall–Kier alpha value is -1.48. The topological polar surface area (TPSA) is 30.9 Å². The van der Waals surface area contributed by atoms with Crippen molar-refractivity contribution in [2.45, 2.75) is 19.9 Å². The number of hydrogen-bond acceptors (Lipinski definition) is 1. The molecule has 2 nitrogen and oxygen atoms in total. The number of nitrogens with zero attached hydrogens (tertiary/aromatic N) is 1. The number of fused-ring (bicyclic) bond motifs is 1. The molecule has 0 spiro atoms. The van der Waals surface area contributed by atoms with E-state index in [1.54, 1.807) is 0 Å². The highest BCUT2D eigenvalue weighted by molar-refractivity contribution is 6.42. The molecule has 0 aliphatic heterocycles. The highest BCUT2D eigenvalue weighted by Gasteiger charge is 2.15. The van der Waals surface area contributed by atoms with Crippen LogP contribution < -0.4 is 5.73 Å². The van der Waals surface area contributed by atoms with E-state index >= 15 is 0 Å². The Bertz CT molecular complexity index is 807. The van der Waals surface area contributed by atoms with Crippen molar-refractivity contribution in [3.63, 3.8) is 0 Å². The maximum Gasteiger partial charge on any atom is 0.0613 e. The third-order valence-electron chi connectivity index (χ3n) is 4.07. The third kappa shape index (κ3) is 2.74. The normalized spacial score (nSPS) is 11.3. The van der Waals surface area contributed by atoms with Crippen molar-refractivity contribution < 1.29 is 0 Å². The Morgan fingerprint density at radius 1 is 1.05 bits per heavy atom. The van der Waals surface area contributed by atoms with E-state index < -0.39 is 0 Å². The summed E-state index contributed by atoms with van der Waals surface area (Å²) >= 11 is 12.4. The molecule has 1 aromatic heterocycles. The number of hydrogen-bond donors (Lipinski definition) is 1. The first kappa shape index (κ1) is 15.4. The van der Waals surface area contributed by atoms with Crippen LogP contribution in [0.4, 0.5) is 0 Å². The van der Waals surface area contributed by atoms with Crippen LogP contribution in [-0.4, -0.2) is 11.1 Å². The summed E-state index contributed by atoms with van der Waals surface area (Å²) in [4.78, 5) is 0. The summed E-state index contributed by atoms with van der Waals surface area (Å²) in [6.07, 6.45) is 0.835. The fraction of sp³-hybridized carbons (Fsp3) is 0.222. The van der Waals surface area contributed by atoms with Gasteiger partial charge in [-0.1, -0.05) is 53.5 Å². The molecule has 0 atom stereocenters. The largest absolute Gasteiger partial charge is 0.340 e. The second-order valence-corrected chi connectivity index (χ2v) is 6.27. The summed E-state index contributed by atoms with van der Waals surface area (Å²) in [5, 5.41) is 2.32. The standard InChI is InChI=1S/C18H18Cl2N2/c1-12-14(7-8-21)15-9-16(19)17(20)10-18(15)22(12)11-13-5-3-2-4-6-13/h2-6,9-10H,7-8,11,21H2,1H3. The predicted molar refractivity (Wildman–Crippen MR) is 95.0 cm³/mol. The van der Waals surface area contributed by atoms with Crippen molar-refractivity contribution >= 4 is 34.1 Å². The van der Waals surface area contributed by atoms with Gasteiger partial charge in [-0.25, -0.2) is 0 Å². The minimum Gasteiger partial charge on any atom is -0.340 e. The zero-order valence-corrected chi connectivity index (χ0v) is 14.0. The van der Waals surface area contributed by atoms with Gasteiger partial charge in [0.2, 0.25) is 0 Å². The van der Waals surface area contributed by atoms with Gasteiger partial charge in [0, 0.05) is 17.6 Å². The lowest BCUT2D eigenvalue weighted by Gasteiger charge is -2.09. The maximum atomic E-state index is 6.23. The Kier molecular flexibility index (Phi) is 4.44. The van der Waals surface area contributed by atoms with Gasteiger partial charge >= 0.3 is 0 Å². The monoisotopic (exact) mass is 332 g/mol. The van der Waals surface area contributed by atoms with E-state index in [4.69, 9.17) is 28.9 Å². The highest BCUT2D eigenvalue weighted by Crippen LogP contribution is 2.33. The van der Waals surface area contributed by atoms with Crippen LogP contribution in [0.15, 0.2) is 42.5 Å². The lowest BCUT2D eigenvalue weighted by molar-refractivity contribution is 0.792. The van der Waals surface area contributed by atoms with Gasteiger partial charge in [0.1, 0.15) is 0 Å². The first-order valence-electron chi connectivity index (χ1n) is 7.32. The van der Waals surface area contributed by atoms with E-state index in [9.17, 15) is 0 Å². The summed E-state index contributed by atoms with van der Waals surface area (Å²) in [6.45, 7) is 3.56. The number of halogens is 2. The van der Waals surface area contributed by atoms with E-state index in [1.165, 1.54) is 16.8 Å². The average molecular weight is 333 g/mol. The third-order valence-corrected chi connectivity index (χ3v) is 4.80. The van der Waals surface area contributed by atoms with Gasteiger partial charge in [0.25, 0.3) is 0 Å². The van der Waals surface area contributed by atoms with Gasteiger partial charge in [0.15, 0.2) is 0 Å². The van der Waals surface area contributed by atoms with E-state index in [0.717, 1.165) is 23.9 Å². The fourth-order valence-corrected chi connectivity index (χ4v) is 3.29. The Balaban J connectivity index is 2.20. The Morgan fingerprint density at radius 3 is 2.41 bits per heavy atom. The summed E-state index contributed by atoms with van der Waals surface area (Å²) in [5.41, 5.74) is 10.6. The lowest BCUT2D eigenvalue weighted by atomic mass is 10.1. The van der Waals surface area contributed by atoms with Gasteiger partial charge in [-0.2, -0.15) is 0 Å². The van der Waals surface area contributed by atoms with Gasteiger partial charge in [-0.15, -0.1) is 0 Å². The van der Waals surface area contributed by atoms with Crippen LogP contribution in [0.2, 0.25) is 10.0 Å². The molecule has 0 amide bonds. The highest BCUT2D eigenvalue weighted by atomic mass is 35.5. The molecule has 0 aliphatic carbocycles. The lowest BCUT2D eigenvalue weighted by Crippen LogP contribution is -2.05. The van der Waals surface area contributed by atoms with Crippen molar-refractivity contribution in [1.82, 2.24) is 4.57 Å². The van der Waals surface area contributed by atoms with E-state index in [2.05, 4.69) is 35.8 Å². The van der Waals surface area contributed by atoms with Gasteiger partial charge < -0.3 is 10.3 Å². The molecule has 0 saturated heterocycles. The summed E-state index contributed by atoms with van der Waals surface area (Å²) in [5.74, 6) is 0. The van der Waals surface area contributed by atoms with Crippen molar-refractivity contribution in [3.05, 3.63) is 69.3 Å². The molecule has 3 aromatic rings. The number of aromatic nitrogens is 1. The van der Waals surface area contributed by atoms with Crippen LogP contribution in [-0.2, 0) is 13.0 Å². The van der Waals surface area contributed by atoms with Crippen molar-refractivity contribution in [2.75, 3.05) is 6.54 Å². The second-order valence-electron chi connectivity index (χ2n) is 5.46. The van der Waals surface area contributed by atoms with Crippen LogP contribution >= 0.6 is 23.2 Å². The molecule has 0 fully saturated rings. The Morgan fingerprint density at radius 2 is 1.73 bits per heavy atom. The first-order valence-corrected chi connectivity index (χ1v) is 8.08. The molecule has 2 N–H and O–H groups in total. The molecule has 0 bridgehead atoms. The van der Waals surface area contributed by atoms with E-state index in [-0.39, 0.29) is 0 Å². The quantitative estimate of drug-likeness (QED) is 0.730. The van der Waals surface area contributed by atoms with Crippen molar-refractivity contribution in [2.24, 2.45) is 5.73 Å². The van der Waals surface area contributed by atoms with Crippen molar-refractivity contribution in [3.8, 4) is 0 Å². The zero-order chi connectivity index (χ0) is 15.7. The number of rotatable bonds is 4. The van der Waals surface area contributed by atoms with Gasteiger partial charge in [-0.3, -0.25) is 0 Å². The average Bonchev–Trinajstić information content (AvgIpc) is 2.75. The van der Waals surface area contributed by atoms with Gasteiger partial charge in [0.05, 0.1) is 15.6 Å². The molecule has 22 heavy (non-hydrogen) atoms. The zero-order valence-electron chi connectivity index (χ0n) is 12.4. The Labute approximate surface area is 140 Å². The van der Waals surface area contributed by atoms with Crippen LogP contribution in [0.25, 0.3) is 10.9 Å². The molecule has 0 unspecified atom stereocenters. The molecule has 4 heteroatoms. The smallest absolute Gasteiger partial charge is 0.0613 e. The number of benzene rings is 2. The minimum atomic E-state index is 0.584. The summed E-state index contributed by atoms with van der Waals surface area (Å²) in [6, 6.07) is 14.3. The molecular formula is C18H18Cl2N2. The SMILES string of the molecule is Cc1c(CCN)c2cc(Cl)c(Cl)cc2n1Cc1ccccc1. The van der Waals surface area contributed by atoms with Crippen LogP contribution in [0.3, 0.4) is 0 Å². The fourth-order valence-electron chi connectivity index (χ4n) is 2.97. The molecule has 114 valence electrons. The maximum absolute atomic E-state index is 6.23. The minimum absolute atomic E-state index is 0.584. The predicted octanol–water partition coefficient (Wildman–Crippen LogP) is 4.81. The van der Waals surface area contributed by atoms with Crippen LogP contribution in [0, 0.1) is 6.92 Å². The van der Waals surface area contributed by atoms with E-state index in [0.29, 0.717) is 16.6 Å². The van der Waals surface area contributed by atoms with Crippen LogP contribution in [0.1, 0.15) is 16.8 Å². The molecule has 0 radical (unpaired) electrons. The van der Waals surface area contributed by atoms with Crippen molar-refractivity contribution in [1.29, 1.82) is 0 Å². The number of nitrogens with two attached hydrogens (primary N) is 1. The molecule has 0 saturated carbocycles. The molecule has 1 heterocycles. The second kappa shape index (κ2) is 6.33. The molecule has 3 rings (SSSR count). The van der Waals surface area contributed by atoms with E-state index in [1.807, 2.05) is 18.2 Å². The molecule has 2 aromatic carbocycles. The first-order chi connectivity index (χ1) is 10.6.